The third-order valence-corrected chi connectivity index (χ3v) is 3.58. The molecule has 110 valence electrons. The molecule has 1 N–H and O–H groups in total. The highest BCUT2D eigenvalue weighted by atomic mass is 79.9. The fourth-order valence-corrected chi connectivity index (χ4v) is 2.55. The third kappa shape index (κ3) is 3.91. The van der Waals surface area contributed by atoms with Gasteiger partial charge in [-0.3, -0.25) is 10.1 Å². The van der Waals surface area contributed by atoms with E-state index in [0.29, 0.717) is 16.8 Å². The predicted octanol–water partition coefficient (Wildman–Crippen LogP) is 2.50. The van der Waals surface area contributed by atoms with E-state index in [1.807, 2.05) is 13.8 Å². The smallest absolute Gasteiger partial charge is 0.270 e. The lowest BCUT2D eigenvalue weighted by Gasteiger charge is -2.36. The first-order chi connectivity index (χ1) is 9.37. The van der Waals surface area contributed by atoms with Crippen LogP contribution >= 0.6 is 15.9 Å². The molecule has 0 bridgehead atoms. The molecule has 1 saturated heterocycles. The summed E-state index contributed by atoms with van der Waals surface area (Å²) in [7, 11) is 0. The molecule has 1 fully saturated rings. The van der Waals surface area contributed by atoms with Gasteiger partial charge in [0.2, 0.25) is 0 Å². The van der Waals surface area contributed by atoms with Crippen LogP contribution in [0.5, 0.6) is 5.75 Å². The molecule has 1 aliphatic rings. The number of nitro benzene ring substituents is 1. The molecule has 1 unspecified atom stereocenters. The molecule has 0 radical (unpaired) electrons. The highest BCUT2D eigenvalue weighted by Gasteiger charge is 2.28. The van der Waals surface area contributed by atoms with E-state index in [9.17, 15) is 10.1 Å². The van der Waals surface area contributed by atoms with E-state index in [2.05, 4.69) is 21.2 Å². The van der Waals surface area contributed by atoms with Crippen molar-refractivity contribution in [1.82, 2.24) is 5.32 Å². The normalized spacial score (nSPS) is 21.4. The van der Waals surface area contributed by atoms with Gasteiger partial charge in [-0.1, -0.05) is 0 Å². The van der Waals surface area contributed by atoms with E-state index in [4.69, 9.17) is 9.47 Å². The van der Waals surface area contributed by atoms with Crippen molar-refractivity contribution in [3.05, 3.63) is 32.8 Å². The summed E-state index contributed by atoms with van der Waals surface area (Å²) in [6.07, 6.45) is -0.0409. The van der Waals surface area contributed by atoms with E-state index >= 15 is 0 Å². The summed E-state index contributed by atoms with van der Waals surface area (Å²) in [5.74, 6) is 0.572. The van der Waals surface area contributed by atoms with Crippen LogP contribution in [0.15, 0.2) is 22.7 Å². The Balaban J connectivity index is 1.95. The number of nitrogens with one attached hydrogen (secondary N) is 1. The molecular weight excluding hydrogens is 328 g/mol. The first kappa shape index (κ1) is 15.2. The van der Waals surface area contributed by atoms with Gasteiger partial charge in [-0.15, -0.1) is 0 Å². The fourth-order valence-electron chi connectivity index (χ4n) is 2.06. The molecule has 1 atom stereocenters. The summed E-state index contributed by atoms with van der Waals surface area (Å²) >= 11 is 3.28. The Labute approximate surface area is 125 Å². The summed E-state index contributed by atoms with van der Waals surface area (Å²) in [5, 5.41) is 14.0. The second kappa shape index (κ2) is 6.07. The van der Waals surface area contributed by atoms with Gasteiger partial charge in [0, 0.05) is 25.2 Å². The minimum atomic E-state index is -0.439. The SMILES string of the molecule is CC1(C)CNCC(COc2ccc([N+](=O)[O-])cc2Br)O1. The fraction of sp³-hybridized carbons (Fsp3) is 0.538. The zero-order chi connectivity index (χ0) is 14.8. The molecule has 0 aliphatic carbocycles. The Morgan fingerprint density at radius 3 is 2.95 bits per heavy atom. The van der Waals surface area contributed by atoms with Crippen molar-refractivity contribution in [2.75, 3.05) is 19.7 Å². The van der Waals surface area contributed by atoms with E-state index in [-0.39, 0.29) is 17.4 Å². The summed E-state index contributed by atoms with van der Waals surface area (Å²) in [6, 6.07) is 4.44. The molecule has 7 heteroatoms. The molecule has 1 aromatic carbocycles. The van der Waals surface area contributed by atoms with Crippen LogP contribution in [0.4, 0.5) is 5.69 Å². The Hall–Kier alpha value is -1.18. The van der Waals surface area contributed by atoms with Crippen molar-refractivity contribution in [3.8, 4) is 5.75 Å². The average Bonchev–Trinajstić information content (AvgIpc) is 2.36. The van der Waals surface area contributed by atoms with Crippen LogP contribution in [0.3, 0.4) is 0 Å². The maximum atomic E-state index is 10.7. The maximum absolute atomic E-state index is 10.7. The first-order valence-electron chi connectivity index (χ1n) is 6.33. The Kier molecular flexibility index (Phi) is 4.62. The van der Waals surface area contributed by atoms with Crippen molar-refractivity contribution < 1.29 is 14.4 Å². The van der Waals surface area contributed by atoms with Crippen molar-refractivity contribution >= 4 is 21.6 Å². The monoisotopic (exact) mass is 344 g/mol. The molecule has 1 aliphatic heterocycles. The quantitative estimate of drug-likeness (QED) is 0.670. The van der Waals surface area contributed by atoms with Gasteiger partial charge in [0.05, 0.1) is 15.0 Å². The minimum absolute atomic E-state index is 0.0286. The van der Waals surface area contributed by atoms with E-state index < -0.39 is 4.92 Å². The van der Waals surface area contributed by atoms with Crippen LogP contribution in [0, 0.1) is 10.1 Å². The van der Waals surface area contributed by atoms with Gasteiger partial charge in [0.15, 0.2) is 0 Å². The summed E-state index contributed by atoms with van der Waals surface area (Å²) in [5.41, 5.74) is -0.181. The van der Waals surface area contributed by atoms with Crippen LogP contribution in [0.1, 0.15) is 13.8 Å². The number of morpholine rings is 1. The molecule has 20 heavy (non-hydrogen) atoms. The van der Waals surface area contributed by atoms with Crippen LogP contribution in [-0.2, 0) is 4.74 Å². The number of hydrogen-bond acceptors (Lipinski definition) is 5. The highest BCUT2D eigenvalue weighted by Crippen LogP contribution is 2.29. The maximum Gasteiger partial charge on any atom is 0.270 e. The number of nitrogens with zero attached hydrogens (tertiary/aromatic N) is 1. The third-order valence-electron chi connectivity index (χ3n) is 2.96. The molecular formula is C13H17BrN2O4. The number of rotatable bonds is 4. The zero-order valence-electron chi connectivity index (χ0n) is 11.4. The number of ether oxygens (including phenoxy) is 2. The first-order valence-corrected chi connectivity index (χ1v) is 7.12. The molecule has 6 nitrogen and oxygen atoms in total. The van der Waals surface area contributed by atoms with Gasteiger partial charge in [0.25, 0.3) is 5.69 Å². The molecule has 1 heterocycles. The van der Waals surface area contributed by atoms with E-state index in [1.54, 1.807) is 6.07 Å². The van der Waals surface area contributed by atoms with Gasteiger partial charge < -0.3 is 14.8 Å². The number of benzene rings is 1. The van der Waals surface area contributed by atoms with Gasteiger partial charge in [-0.2, -0.15) is 0 Å². The standard InChI is InChI=1S/C13H17BrN2O4/c1-13(2)8-15-6-10(20-13)7-19-12-4-3-9(16(17)18)5-11(12)14/h3-5,10,15H,6-8H2,1-2H3. The molecule has 0 aromatic heterocycles. The molecule has 0 saturated carbocycles. The molecule has 1 aromatic rings. The Morgan fingerprint density at radius 1 is 1.60 bits per heavy atom. The number of non-ortho nitro benzene ring substituents is 1. The van der Waals surface area contributed by atoms with Gasteiger partial charge in [-0.05, 0) is 35.8 Å². The second-order valence-corrected chi connectivity index (χ2v) is 6.17. The van der Waals surface area contributed by atoms with E-state index in [1.165, 1.54) is 12.1 Å². The Morgan fingerprint density at radius 2 is 2.35 bits per heavy atom. The lowest BCUT2D eigenvalue weighted by atomic mass is 10.1. The molecule has 2 rings (SSSR count). The topological polar surface area (TPSA) is 73.6 Å². The van der Waals surface area contributed by atoms with Crippen LogP contribution in [-0.4, -0.2) is 36.3 Å². The van der Waals surface area contributed by atoms with Gasteiger partial charge in [-0.25, -0.2) is 0 Å². The van der Waals surface area contributed by atoms with Crippen molar-refractivity contribution in [3.63, 3.8) is 0 Å². The van der Waals surface area contributed by atoms with Crippen LogP contribution < -0.4 is 10.1 Å². The zero-order valence-corrected chi connectivity index (χ0v) is 13.0. The molecule has 0 spiro atoms. The summed E-state index contributed by atoms with van der Waals surface area (Å²) in [6.45, 7) is 5.98. The average molecular weight is 345 g/mol. The number of nitro groups is 1. The number of halogens is 1. The summed E-state index contributed by atoms with van der Waals surface area (Å²) in [4.78, 5) is 10.2. The van der Waals surface area contributed by atoms with Crippen molar-refractivity contribution in [2.24, 2.45) is 0 Å². The predicted molar refractivity (Wildman–Crippen MR) is 78.1 cm³/mol. The van der Waals surface area contributed by atoms with Crippen molar-refractivity contribution in [2.45, 2.75) is 25.6 Å². The number of hydrogen-bond donors (Lipinski definition) is 1. The largest absolute Gasteiger partial charge is 0.490 e. The lowest BCUT2D eigenvalue weighted by Crippen LogP contribution is -2.52. The Bertz CT molecular complexity index is 507. The van der Waals surface area contributed by atoms with Crippen molar-refractivity contribution in [1.29, 1.82) is 0 Å². The van der Waals surface area contributed by atoms with Crippen LogP contribution in [0.25, 0.3) is 0 Å². The molecule has 0 amide bonds. The van der Waals surface area contributed by atoms with E-state index in [0.717, 1.165) is 13.1 Å². The second-order valence-electron chi connectivity index (χ2n) is 5.31. The lowest BCUT2D eigenvalue weighted by molar-refractivity contribution is -0.385. The van der Waals surface area contributed by atoms with Gasteiger partial charge in [0.1, 0.15) is 18.5 Å². The summed E-state index contributed by atoms with van der Waals surface area (Å²) < 4.78 is 12.1. The van der Waals surface area contributed by atoms with Gasteiger partial charge >= 0.3 is 0 Å². The minimum Gasteiger partial charge on any atom is -0.490 e. The van der Waals surface area contributed by atoms with Crippen LogP contribution in [0.2, 0.25) is 0 Å². The highest BCUT2D eigenvalue weighted by molar-refractivity contribution is 9.10.